The Hall–Kier alpha value is -2.49. The molecular formula is C19H22BrFN2O6. The van der Waals surface area contributed by atoms with E-state index in [1.165, 1.54) is 4.90 Å². The van der Waals surface area contributed by atoms with Gasteiger partial charge in [0, 0.05) is 11.0 Å². The number of nitrogens with zero attached hydrogens (tertiary/aromatic N) is 1. The van der Waals surface area contributed by atoms with Crippen molar-refractivity contribution in [3.8, 4) is 0 Å². The van der Waals surface area contributed by atoms with Gasteiger partial charge in [-0.05, 0) is 37.0 Å². The van der Waals surface area contributed by atoms with Crippen LogP contribution < -0.4 is 5.32 Å². The average molecular weight is 473 g/mol. The Morgan fingerprint density at radius 1 is 1.31 bits per heavy atom. The zero-order chi connectivity index (χ0) is 21.4. The molecule has 1 saturated heterocycles. The third kappa shape index (κ3) is 6.81. The molecule has 1 aromatic carbocycles. The number of benzene rings is 1. The fraction of sp³-hybridized carbons (Fsp3) is 0.474. The molecule has 29 heavy (non-hydrogen) atoms. The van der Waals surface area contributed by atoms with Gasteiger partial charge in [0.25, 0.3) is 0 Å². The third-order valence-corrected chi connectivity index (χ3v) is 5.00. The predicted octanol–water partition coefficient (Wildman–Crippen LogP) is 2.44. The Kier molecular flexibility index (Phi) is 8.56. The van der Waals surface area contributed by atoms with Crippen LogP contribution in [-0.2, 0) is 25.7 Å². The molecule has 0 unspecified atom stereocenters. The SMILES string of the molecule is O=C(O)C[C@H](NC(=O)[C@@H]1CCCCN1C(=O)OCc1cccc(Br)c1)C(=O)CF. The number of alkyl halides is 1. The van der Waals surface area contributed by atoms with Gasteiger partial charge in [0.1, 0.15) is 25.4 Å². The lowest BCUT2D eigenvalue weighted by atomic mass is 10.0. The van der Waals surface area contributed by atoms with Crippen LogP contribution in [0.4, 0.5) is 9.18 Å². The molecule has 0 aliphatic carbocycles. The van der Waals surface area contributed by atoms with Crippen molar-refractivity contribution in [1.29, 1.82) is 0 Å². The molecule has 0 bridgehead atoms. The number of piperidine rings is 1. The molecule has 1 aromatic rings. The molecule has 8 nitrogen and oxygen atoms in total. The van der Waals surface area contributed by atoms with Crippen molar-refractivity contribution in [2.45, 2.75) is 44.4 Å². The first-order valence-corrected chi connectivity index (χ1v) is 9.89. The Morgan fingerprint density at radius 2 is 2.07 bits per heavy atom. The summed E-state index contributed by atoms with van der Waals surface area (Å²) in [5.74, 6) is -3.07. The predicted molar refractivity (Wildman–Crippen MR) is 104 cm³/mol. The normalized spacial score (nSPS) is 17.3. The average Bonchev–Trinajstić information content (AvgIpc) is 2.70. The van der Waals surface area contributed by atoms with Crippen molar-refractivity contribution in [2.75, 3.05) is 13.2 Å². The number of hydrogen-bond donors (Lipinski definition) is 2. The van der Waals surface area contributed by atoms with Gasteiger partial charge in [0.05, 0.1) is 6.42 Å². The highest BCUT2D eigenvalue weighted by Gasteiger charge is 2.35. The summed E-state index contributed by atoms with van der Waals surface area (Å²) in [7, 11) is 0. The summed E-state index contributed by atoms with van der Waals surface area (Å²) in [5.41, 5.74) is 0.765. The smallest absolute Gasteiger partial charge is 0.410 e. The first-order chi connectivity index (χ1) is 13.8. The number of likely N-dealkylation sites (tertiary alicyclic amines) is 1. The highest BCUT2D eigenvalue weighted by molar-refractivity contribution is 9.10. The minimum Gasteiger partial charge on any atom is -0.481 e. The van der Waals surface area contributed by atoms with E-state index in [-0.39, 0.29) is 13.2 Å². The number of ether oxygens (including phenoxy) is 1. The van der Waals surface area contributed by atoms with E-state index in [9.17, 15) is 23.6 Å². The van der Waals surface area contributed by atoms with Gasteiger partial charge in [0.2, 0.25) is 5.91 Å². The van der Waals surface area contributed by atoms with Crippen LogP contribution in [-0.4, -0.2) is 59.1 Å². The van der Waals surface area contributed by atoms with Gasteiger partial charge in [-0.1, -0.05) is 28.1 Å². The Balaban J connectivity index is 2.02. The van der Waals surface area contributed by atoms with Crippen LogP contribution >= 0.6 is 15.9 Å². The maximum atomic E-state index is 12.7. The topological polar surface area (TPSA) is 113 Å². The number of carbonyl (C=O) groups is 4. The molecule has 0 spiro atoms. The van der Waals surface area contributed by atoms with Gasteiger partial charge < -0.3 is 15.2 Å². The minimum absolute atomic E-state index is 0.0189. The molecule has 2 atom stereocenters. The number of carbonyl (C=O) groups excluding carboxylic acids is 3. The summed E-state index contributed by atoms with van der Waals surface area (Å²) in [4.78, 5) is 48.9. The number of ketones is 1. The molecule has 0 radical (unpaired) electrons. The number of hydrogen-bond acceptors (Lipinski definition) is 5. The monoisotopic (exact) mass is 472 g/mol. The van der Waals surface area contributed by atoms with Crippen molar-refractivity contribution in [3.63, 3.8) is 0 Å². The molecule has 1 fully saturated rings. The third-order valence-electron chi connectivity index (χ3n) is 4.51. The van der Waals surface area contributed by atoms with Gasteiger partial charge in [-0.15, -0.1) is 0 Å². The van der Waals surface area contributed by atoms with Crippen molar-refractivity contribution in [1.82, 2.24) is 10.2 Å². The minimum atomic E-state index is -1.48. The largest absolute Gasteiger partial charge is 0.481 e. The highest BCUT2D eigenvalue weighted by atomic mass is 79.9. The van der Waals surface area contributed by atoms with Crippen LogP contribution in [0.15, 0.2) is 28.7 Å². The summed E-state index contributed by atoms with van der Waals surface area (Å²) in [5, 5.41) is 11.1. The lowest BCUT2D eigenvalue weighted by Gasteiger charge is -2.34. The second-order valence-electron chi connectivity index (χ2n) is 6.65. The Labute approximate surface area is 175 Å². The standard InChI is InChI=1S/C19H22BrFN2O6/c20-13-5-3-4-12(8-13)11-29-19(28)23-7-2-1-6-15(23)18(27)22-14(9-17(25)26)16(24)10-21/h3-5,8,14-15H,1-2,6-7,9-11H2,(H,22,27)(H,25,26)/t14-,15-/m0/s1. The molecule has 0 aromatic heterocycles. The van der Waals surface area contributed by atoms with E-state index in [2.05, 4.69) is 21.2 Å². The van der Waals surface area contributed by atoms with Gasteiger partial charge in [0.15, 0.2) is 5.78 Å². The van der Waals surface area contributed by atoms with Gasteiger partial charge in [-0.3, -0.25) is 19.3 Å². The second kappa shape index (κ2) is 10.9. The van der Waals surface area contributed by atoms with Crippen LogP contribution in [0.1, 0.15) is 31.2 Å². The molecule has 10 heteroatoms. The number of Topliss-reactive ketones (excluding diaryl/α,β-unsaturated/α-hetero) is 1. The van der Waals surface area contributed by atoms with Crippen LogP contribution in [0.5, 0.6) is 0 Å². The fourth-order valence-corrected chi connectivity index (χ4v) is 3.51. The maximum absolute atomic E-state index is 12.7. The molecule has 158 valence electrons. The Morgan fingerprint density at radius 3 is 2.72 bits per heavy atom. The van der Waals surface area contributed by atoms with E-state index in [0.29, 0.717) is 19.3 Å². The fourth-order valence-electron chi connectivity index (χ4n) is 3.06. The van der Waals surface area contributed by atoms with E-state index in [0.717, 1.165) is 10.0 Å². The van der Waals surface area contributed by atoms with E-state index in [4.69, 9.17) is 9.84 Å². The van der Waals surface area contributed by atoms with E-state index in [1.807, 2.05) is 6.07 Å². The maximum Gasteiger partial charge on any atom is 0.410 e. The van der Waals surface area contributed by atoms with Gasteiger partial charge in [-0.2, -0.15) is 0 Å². The van der Waals surface area contributed by atoms with Crippen molar-refractivity contribution >= 4 is 39.7 Å². The molecule has 2 rings (SSSR count). The van der Waals surface area contributed by atoms with Crippen molar-refractivity contribution in [2.24, 2.45) is 0 Å². The highest BCUT2D eigenvalue weighted by Crippen LogP contribution is 2.20. The first-order valence-electron chi connectivity index (χ1n) is 9.10. The quantitative estimate of drug-likeness (QED) is 0.600. The number of carboxylic acids is 1. The molecule has 1 aliphatic rings. The van der Waals surface area contributed by atoms with E-state index >= 15 is 0 Å². The van der Waals surface area contributed by atoms with Crippen molar-refractivity contribution < 1.29 is 33.4 Å². The number of nitrogens with one attached hydrogen (secondary N) is 1. The van der Waals surface area contributed by atoms with Crippen molar-refractivity contribution in [3.05, 3.63) is 34.3 Å². The van der Waals surface area contributed by atoms with Crippen LogP contribution in [0.3, 0.4) is 0 Å². The summed E-state index contributed by atoms with van der Waals surface area (Å²) in [6.45, 7) is -1.08. The lowest BCUT2D eigenvalue weighted by molar-refractivity contribution is -0.140. The molecule has 2 amide bonds. The zero-order valence-corrected chi connectivity index (χ0v) is 17.2. The Bertz CT molecular complexity index is 775. The van der Waals surface area contributed by atoms with E-state index < -0.39 is 48.9 Å². The molecule has 1 aliphatic heterocycles. The number of aliphatic carboxylic acids is 1. The molecule has 0 saturated carbocycles. The lowest BCUT2D eigenvalue weighted by Crippen LogP contribution is -2.55. The number of rotatable bonds is 8. The van der Waals surface area contributed by atoms with E-state index in [1.54, 1.807) is 18.2 Å². The summed E-state index contributed by atoms with van der Waals surface area (Å²) in [6, 6.07) is 4.83. The van der Waals surface area contributed by atoms with Crippen LogP contribution in [0, 0.1) is 0 Å². The summed E-state index contributed by atoms with van der Waals surface area (Å²) in [6.07, 6.45) is 0.276. The van der Waals surface area contributed by atoms with Crippen LogP contribution in [0.25, 0.3) is 0 Å². The molecule has 2 N–H and O–H groups in total. The van der Waals surface area contributed by atoms with Crippen LogP contribution in [0.2, 0.25) is 0 Å². The molecule has 1 heterocycles. The van der Waals surface area contributed by atoms with Gasteiger partial charge in [-0.25, -0.2) is 9.18 Å². The first kappa shape index (κ1) is 22.8. The summed E-state index contributed by atoms with van der Waals surface area (Å²) >= 11 is 3.33. The summed E-state index contributed by atoms with van der Waals surface area (Å²) < 4.78 is 18.8. The number of amides is 2. The molecular weight excluding hydrogens is 451 g/mol. The second-order valence-corrected chi connectivity index (χ2v) is 7.56. The van der Waals surface area contributed by atoms with Gasteiger partial charge >= 0.3 is 12.1 Å². The zero-order valence-electron chi connectivity index (χ0n) is 15.6. The number of halogens is 2. The number of carboxylic acid groups (broad SMARTS) is 1.